The number of nitro benzene ring substituents is 2. The van der Waals surface area contributed by atoms with Gasteiger partial charge in [0, 0.05) is 33.2 Å². The predicted molar refractivity (Wildman–Crippen MR) is 163 cm³/mol. The minimum Gasteiger partial charge on any atom is -0.502 e. The van der Waals surface area contributed by atoms with Crippen molar-refractivity contribution in [1.82, 2.24) is 0 Å². The Hall–Kier alpha value is -3.07. The maximum Gasteiger partial charge on any atom is 0.311 e. The van der Waals surface area contributed by atoms with Gasteiger partial charge in [-0.3, -0.25) is 24.4 Å². The van der Waals surface area contributed by atoms with Gasteiger partial charge in [0.05, 0.1) is 29.6 Å². The van der Waals surface area contributed by atoms with Crippen molar-refractivity contribution < 1.29 is 35.0 Å². The van der Waals surface area contributed by atoms with Crippen molar-refractivity contribution in [1.29, 1.82) is 0 Å². The Balaban J connectivity index is 0.000000326. The van der Waals surface area contributed by atoms with E-state index in [9.17, 15) is 28.6 Å². The Morgan fingerprint density at radius 1 is 0.829 bits per heavy atom. The highest BCUT2D eigenvalue weighted by molar-refractivity contribution is 9.10. The molecule has 0 aliphatic rings. The van der Waals surface area contributed by atoms with Gasteiger partial charge in [-0.15, -0.1) is 0 Å². The first kappa shape index (κ1) is 32.4. The molecule has 0 radical (unpaired) electrons. The molecule has 11 nitrogen and oxygen atoms in total. The van der Waals surface area contributed by atoms with E-state index in [0.29, 0.717) is 4.47 Å². The van der Waals surface area contributed by atoms with Crippen LogP contribution in [0.4, 0.5) is 11.4 Å². The lowest BCUT2D eigenvalue weighted by molar-refractivity contribution is -0.386. The zero-order chi connectivity index (χ0) is 33.5. The summed E-state index contributed by atoms with van der Waals surface area (Å²) < 4.78 is 49.5. The minimum atomic E-state index is -3.82. The molecule has 0 aromatic heterocycles. The van der Waals surface area contributed by atoms with Gasteiger partial charge in [-0.2, -0.15) is 8.42 Å². The van der Waals surface area contributed by atoms with Crippen LogP contribution in [0.15, 0.2) is 62.4 Å². The highest BCUT2D eigenvalue weighted by atomic mass is 79.9. The van der Waals surface area contributed by atoms with Crippen LogP contribution in [0.25, 0.3) is 0 Å². The lowest BCUT2D eigenvalue weighted by Crippen LogP contribution is -2.12. The Labute approximate surface area is 259 Å². The third kappa shape index (κ3) is 11.7. The molecule has 14 heteroatoms. The number of phenols is 1. The lowest BCUT2D eigenvalue weighted by atomic mass is 10.2. The SMILES string of the molecule is Cc1cc([N+](=O)[O-])c(O)cc1Br.[2H]C(C)(C)OS(=O)(=O)c1ccc(C)cc1.[2H]C(C)(C)Oc1cc(Br)c(C)cc1[N+](=O)[O-]. The largest absolute Gasteiger partial charge is 0.502 e. The molecule has 0 aliphatic heterocycles. The molecule has 0 saturated carbocycles. The van der Waals surface area contributed by atoms with Gasteiger partial charge < -0.3 is 9.84 Å². The van der Waals surface area contributed by atoms with Gasteiger partial charge in [-0.1, -0.05) is 49.6 Å². The summed E-state index contributed by atoms with van der Waals surface area (Å²) >= 11 is 6.42. The second-order valence-corrected chi connectivity index (χ2v) is 12.2. The summed E-state index contributed by atoms with van der Waals surface area (Å²) in [6, 6.07) is 11.9. The second-order valence-electron chi connectivity index (χ2n) is 8.94. The fourth-order valence-corrected chi connectivity index (χ4v) is 4.52. The zero-order valence-electron chi connectivity index (χ0n) is 25.4. The fraction of sp³-hybridized carbons (Fsp3) is 0.333. The summed E-state index contributed by atoms with van der Waals surface area (Å²) in [7, 11) is -3.82. The van der Waals surface area contributed by atoms with Crippen molar-refractivity contribution >= 4 is 53.4 Å². The Kier molecular flexibility index (Phi) is 12.5. The number of halogens is 2. The third-order valence-corrected chi connectivity index (χ3v) is 7.90. The first-order valence-electron chi connectivity index (χ1n) is 12.7. The van der Waals surface area contributed by atoms with Crippen LogP contribution in [0.3, 0.4) is 0 Å². The van der Waals surface area contributed by atoms with Crippen molar-refractivity contribution in [2.24, 2.45) is 0 Å². The van der Waals surface area contributed by atoms with Gasteiger partial charge in [0.15, 0.2) is 11.5 Å². The highest BCUT2D eigenvalue weighted by Gasteiger charge is 2.18. The van der Waals surface area contributed by atoms with Crippen LogP contribution in [-0.4, -0.2) is 35.5 Å². The molecular weight excluding hydrogens is 688 g/mol. The second kappa shape index (κ2) is 15.8. The monoisotopic (exact) mass is 720 g/mol. The molecule has 0 atom stereocenters. The molecule has 0 saturated heterocycles. The van der Waals surface area contributed by atoms with Crippen LogP contribution < -0.4 is 4.74 Å². The van der Waals surface area contributed by atoms with E-state index >= 15 is 0 Å². The predicted octanol–water partition coefficient (Wildman–Crippen LogP) is 7.93. The van der Waals surface area contributed by atoms with Crippen LogP contribution in [0.5, 0.6) is 11.5 Å². The minimum absolute atomic E-state index is 0.0772. The molecular formula is C27H32Br2N2O9S. The summed E-state index contributed by atoms with van der Waals surface area (Å²) in [5.41, 5.74) is 2.05. The standard InChI is InChI=1S/C10H12BrNO3.C10H14O3S.C7H6BrNO3/c1-6(2)15-10-5-8(11)7(3)4-9(10)12(13)14;1-8(2)13-14(11,12)10-6-4-9(3)5-7-10;1-4-2-6(9(11)12)7(10)3-5(4)8/h4-6H,1-3H3;4-8H,1-3H3;2-3,10H,1H3/i6D;8D;. The Morgan fingerprint density at radius 2 is 1.29 bits per heavy atom. The van der Waals surface area contributed by atoms with E-state index in [4.69, 9.17) is 12.6 Å². The molecule has 0 unspecified atom stereocenters. The van der Waals surface area contributed by atoms with E-state index in [-0.39, 0.29) is 27.8 Å². The maximum absolute atomic E-state index is 11.6. The van der Waals surface area contributed by atoms with Crippen LogP contribution >= 0.6 is 31.9 Å². The van der Waals surface area contributed by atoms with E-state index in [2.05, 4.69) is 36.0 Å². The first-order chi connectivity index (χ1) is 19.4. The molecule has 0 amide bonds. The lowest BCUT2D eigenvalue weighted by Gasteiger charge is -2.11. The molecule has 0 aliphatic carbocycles. The van der Waals surface area contributed by atoms with Crippen LogP contribution in [0, 0.1) is 41.0 Å². The molecule has 0 fully saturated rings. The zero-order valence-corrected chi connectivity index (χ0v) is 27.4. The number of benzene rings is 3. The molecule has 41 heavy (non-hydrogen) atoms. The van der Waals surface area contributed by atoms with Crippen LogP contribution in [0.2, 0.25) is 0 Å². The van der Waals surface area contributed by atoms with Crippen LogP contribution in [0.1, 0.15) is 47.1 Å². The van der Waals surface area contributed by atoms with E-state index in [0.717, 1.165) is 21.2 Å². The van der Waals surface area contributed by atoms with E-state index in [1.54, 1.807) is 26.0 Å². The number of hydrogen-bond donors (Lipinski definition) is 1. The number of aryl methyl sites for hydroxylation is 3. The summed E-state index contributed by atoms with van der Waals surface area (Å²) in [6.07, 6.45) is -2.66. The van der Waals surface area contributed by atoms with Crippen molar-refractivity contribution in [2.75, 3.05) is 0 Å². The normalized spacial score (nSPS) is 12.0. The molecule has 3 aromatic rings. The summed E-state index contributed by atoms with van der Waals surface area (Å²) in [5, 5.41) is 30.3. The Bertz CT molecular complexity index is 1570. The number of phenolic OH excluding ortho intramolecular Hbond substituents is 1. The summed E-state index contributed by atoms with van der Waals surface area (Å²) in [5.74, 6) is -0.222. The quantitative estimate of drug-likeness (QED) is 0.145. The van der Waals surface area contributed by atoms with Crippen molar-refractivity contribution in [3.8, 4) is 11.5 Å². The van der Waals surface area contributed by atoms with Gasteiger partial charge in [0.1, 0.15) is 0 Å². The molecule has 224 valence electrons. The molecule has 1 N–H and O–H groups in total. The molecule has 0 bridgehead atoms. The summed E-state index contributed by atoms with van der Waals surface area (Å²) in [6.45, 7) is 11.1. The smallest absolute Gasteiger partial charge is 0.311 e. The first-order valence-corrected chi connectivity index (χ1v) is 14.7. The van der Waals surface area contributed by atoms with Crippen molar-refractivity contribution in [3.05, 3.63) is 94.4 Å². The highest BCUT2D eigenvalue weighted by Crippen LogP contribution is 2.34. The number of aromatic hydroxyl groups is 1. The van der Waals surface area contributed by atoms with E-state index < -0.39 is 32.1 Å². The Morgan fingerprint density at radius 3 is 1.73 bits per heavy atom. The van der Waals surface area contributed by atoms with Gasteiger partial charge >= 0.3 is 11.4 Å². The maximum atomic E-state index is 11.6. The van der Waals surface area contributed by atoms with Crippen molar-refractivity contribution in [3.63, 3.8) is 0 Å². The fourth-order valence-electron chi connectivity index (χ4n) is 2.87. The van der Waals surface area contributed by atoms with Gasteiger partial charge in [0.2, 0.25) is 0 Å². The average Bonchev–Trinajstić information content (AvgIpc) is 2.82. The van der Waals surface area contributed by atoms with Gasteiger partial charge in [-0.05, 0) is 71.7 Å². The molecule has 3 rings (SSSR count). The van der Waals surface area contributed by atoms with Gasteiger partial charge in [-0.25, -0.2) is 0 Å². The third-order valence-electron chi connectivity index (χ3n) is 4.79. The number of nitrogens with zero attached hydrogens (tertiary/aromatic N) is 2. The molecule has 0 heterocycles. The number of rotatable bonds is 7. The number of ether oxygens (including phenoxy) is 1. The molecule has 0 spiro atoms. The summed E-state index contributed by atoms with van der Waals surface area (Å²) in [4.78, 5) is 20.1. The van der Waals surface area contributed by atoms with E-state index in [1.165, 1.54) is 64.1 Å². The van der Waals surface area contributed by atoms with E-state index in [1.807, 2.05) is 6.92 Å². The van der Waals surface area contributed by atoms with Gasteiger partial charge in [0.25, 0.3) is 10.1 Å². The van der Waals surface area contributed by atoms with Crippen molar-refractivity contribution in [2.45, 2.75) is 65.5 Å². The van der Waals surface area contributed by atoms with Crippen LogP contribution in [-0.2, 0) is 14.3 Å². The average molecular weight is 722 g/mol. The number of hydrogen-bond acceptors (Lipinski definition) is 9. The topological polar surface area (TPSA) is 159 Å². The number of nitro groups is 2. The molecule has 3 aromatic carbocycles.